The number of halogens is 3. The zero-order chi connectivity index (χ0) is 21.4. The van der Waals surface area contributed by atoms with Crippen LogP contribution in [0.1, 0.15) is 12.5 Å². The molecule has 0 saturated heterocycles. The first-order valence-corrected chi connectivity index (χ1v) is 8.93. The maximum Gasteiger partial charge on any atom is 0.573 e. The van der Waals surface area contributed by atoms with Crippen LogP contribution in [0.15, 0.2) is 54.6 Å². The van der Waals surface area contributed by atoms with E-state index < -0.39 is 12.4 Å². The molecule has 2 atom stereocenters. The summed E-state index contributed by atoms with van der Waals surface area (Å²) in [6.07, 6.45) is -4.77. The highest BCUT2D eigenvalue weighted by Crippen LogP contribution is 2.23. The lowest BCUT2D eigenvalue weighted by Gasteiger charge is -2.20. The van der Waals surface area contributed by atoms with Crippen molar-refractivity contribution in [3.63, 3.8) is 0 Å². The van der Waals surface area contributed by atoms with Crippen LogP contribution in [0.3, 0.4) is 0 Å². The average Bonchev–Trinajstić information content (AvgIpc) is 2.66. The standard InChI is InChI=1S/C20H22F3N3O3/c1-14(19(28)24-12-15-6-4-3-5-7-15)26(2)13-18(27)25-16-8-10-17(11-9-16)29-20(21,22)23/h3-11,14H,12-13H2,1-2H3,(H,24,28)(H,25,27)/p+1/t14-/m0/s1. The summed E-state index contributed by atoms with van der Waals surface area (Å²) in [6.45, 7) is 2.13. The molecular weight excluding hydrogens is 387 g/mol. The van der Waals surface area contributed by atoms with Crippen LogP contribution >= 0.6 is 0 Å². The van der Waals surface area contributed by atoms with Crippen LogP contribution in [0.25, 0.3) is 0 Å². The van der Waals surface area contributed by atoms with Gasteiger partial charge in [0.2, 0.25) is 0 Å². The first-order chi connectivity index (χ1) is 13.6. The number of rotatable bonds is 8. The zero-order valence-corrected chi connectivity index (χ0v) is 16.0. The molecule has 3 N–H and O–H groups in total. The van der Waals surface area contributed by atoms with Gasteiger partial charge in [-0.2, -0.15) is 0 Å². The van der Waals surface area contributed by atoms with Gasteiger partial charge in [-0.05, 0) is 36.8 Å². The molecule has 9 heteroatoms. The number of nitrogens with one attached hydrogen (secondary N) is 3. The minimum Gasteiger partial charge on any atom is -0.406 e. The molecule has 2 aromatic carbocycles. The topological polar surface area (TPSA) is 71.9 Å². The Morgan fingerprint density at radius 2 is 1.69 bits per heavy atom. The van der Waals surface area contributed by atoms with Gasteiger partial charge in [0.05, 0.1) is 7.05 Å². The molecule has 156 valence electrons. The van der Waals surface area contributed by atoms with Crippen LogP contribution < -0.4 is 20.3 Å². The number of hydrogen-bond donors (Lipinski definition) is 3. The summed E-state index contributed by atoms with van der Waals surface area (Å²) in [5.74, 6) is -0.926. The molecule has 0 aliphatic rings. The highest BCUT2D eigenvalue weighted by atomic mass is 19.4. The van der Waals surface area contributed by atoms with Gasteiger partial charge in [-0.1, -0.05) is 30.3 Å². The lowest BCUT2D eigenvalue weighted by atomic mass is 10.2. The van der Waals surface area contributed by atoms with E-state index in [1.165, 1.54) is 12.1 Å². The van der Waals surface area contributed by atoms with E-state index in [9.17, 15) is 22.8 Å². The zero-order valence-electron chi connectivity index (χ0n) is 16.0. The first-order valence-electron chi connectivity index (χ1n) is 8.93. The lowest BCUT2D eigenvalue weighted by Crippen LogP contribution is -3.15. The van der Waals surface area contributed by atoms with Gasteiger partial charge in [-0.15, -0.1) is 13.2 Å². The minimum atomic E-state index is -4.77. The van der Waals surface area contributed by atoms with Crippen LogP contribution in [0.5, 0.6) is 5.75 Å². The monoisotopic (exact) mass is 410 g/mol. The third-order valence-corrected chi connectivity index (χ3v) is 4.25. The van der Waals surface area contributed by atoms with E-state index in [2.05, 4.69) is 15.4 Å². The van der Waals surface area contributed by atoms with E-state index in [0.29, 0.717) is 17.1 Å². The maximum atomic E-state index is 12.3. The molecule has 0 aliphatic carbocycles. The Morgan fingerprint density at radius 1 is 1.07 bits per heavy atom. The number of likely N-dealkylation sites (N-methyl/N-ethyl adjacent to an activating group) is 1. The van der Waals surface area contributed by atoms with Gasteiger partial charge in [0, 0.05) is 12.2 Å². The fourth-order valence-corrected chi connectivity index (χ4v) is 2.51. The van der Waals surface area contributed by atoms with Crippen molar-refractivity contribution in [3.05, 3.63) is 60.2 Å². The van der Waals surface area contributed by atoms with Crippen LogP contribution in [0, 0.1) is 0 Å². The number of carbonyl (C=O) groups is 2. The molecule has 0 spiro atoms. The van der Waals surface area contributed by atoms with E-state index in [-0.39, 0.29) is 24.1 Å². The summed E-state index contributed by atoms with van der Waals surface area (Å²) >= 11 is 0. The van der Waals surface area contributed by atoms with Crippen molar-refractivity contribution in [1.82, 2.24) is 5.32 Å². The molecule has 0 radical (unpaired) electrons. The van der Waals surface area contributed by atoms with Crippen LogP contribution in [-0.2, 0) is 16.1 Å². The molecule has 6 nitrogen and oxygen atoms in total. The normalized spacial score (nSPS) is 13.3. The third-order valence-electron chi connectivity index (χ3n) is 4.25. The molecule has 0 bridgehead atoms. The van der Waals surface area contributed by atoms with E-state index in [0.717, 1.165) is 17.7 Å². The van der Waals surface area contributed by atoms with E-state index in [1.54, 1.807) is 14.0 Å². The lowest BCUT2D eigenvalue weighted by molar-refractivity contribution is -0.885. The predicted octanol–water partition coefficient (Wildman–Crippen LogP) is 1.74. The third kappa shape index (κ3) is 7.82. The largest absolute Gasteiger partial charge is 0.573 e. The number of carbonyl (C=O) groups excluding carboxylic acids is 2. The van der Waals surface area contributed by atoms with Crippen molar-refractivity contribution < 1.29 is 32.4 Å². The number of amides is 2. The van der Waals surface area contributed by atoms with Gasteiger partial charge < -0.3 is 20.3 Å². The van der Waals surface area contributed by atoms with Crippen molar-refractivity contribution >= 4 is 17.5 Å². The highest BCUT2D eigenvalue weighted by Gasteiger charge is 2.31. The number of ether oxygens (including phenoxy) is 1. The number of quaternary nitrogens is 1. The van der Waals surface area contributed by atoms with Crippen molar-refractivity contribution in [2.75, 3.05) is 18.9 Å². The second kappa shape index (κ2) is 9.92. The molecule has 2 amide bonds. The Kier molecular flexibility index (Phi) is 7.60. The average molecular weight is 410 g/mol. The maximum absolute atomic E-state index is 12.3. The molecule has 29 heavy (non-hydrogen) atoms. The smallest absolute Gasteiger partial charge is 0.406 e. The number of benzene rings is 2. The van der Waals surface area contributed by atoms with E-state index >= 15 is 0 Å². The van der Waals surface area contributed by atoms with Crippen molar-refractivity contribution in [2.24, 2.45) is 0 Å². The Labute approximate surface area is 166 Å². The molecule has 0 saturated carbocycles. The van der Waals surface area contributed by atoms with Crippen LogP contribution in [-0.4, -0.2) is 37.8 Å². The summed E-state index contributed by atoms with van der Waals surface area (Å²) in [5.41, 5.74) is 1.31. The number of hydrogen-bond acceptors (Lipinski definition) is 3. The summed E-state index contributed by atoms with van der Waals surface area (Å²) in [4.78, 5) is 25.1. The predicted molar refractivity (Wildman–Crippen MR) is 101 cm³/mol. The molecular formula is C20H23F3N3O3+. The molecule has 2 aromatic rings. The van der Waals surface area contributed by atoms with Crippen molar-refractivity contribution in [1.29, 1.82) is 0 Å². The summed E-state index contributed by atoms with van der Waals surface area (Å²) in [5, 5.41) is 5.42. The summed E-state index contributed by atoms with van der Waals surface area (Å²) in [6, 6.07) is 13.8. The van der Waals surface area contributed by atoms with Gasteiger partial charge >= 0.3 is 6.36 Å². The summed E-state index contributed by atoms with van der Waals surface area (Å²) in [7, 11) is 1.71. The van der Waals surface area contributed by atoms with Crippen LogP contribution in [0.4, 0.5) is 18.9 Å². The quantitative estimate of drug-likeness (QED) is 0.621. The van der Waals surface area contributed by atoms with Crippen molar-refractivity contribution in [3.8, 4) is 5.75 Å². The van der Waals surface area contributed by atoms with Gasteiger partial charge in [-0.3, -0.25) is 9.59 Å². The molecule has 0 fully saturated rings. The Balaban J connectivity index is 1.80. The fourth-order valence-electron chi connectivity index (χ4n) is 2.51. The van der Waals surface area contributed by atoms with Crippen molar-refractivity contribution in [2.45, 2.75) is 25.9 Å². The van der Waals surface area contributed by atoms with Gasteiger partial charge in [0.1, 0.15) is 5.75 Å². The van der Waals surface area contributed by atoms with Crippen LogP contribution in [0.2, 0.25) is 0 Å². The Morgan fingerprint density at radius 3 is 2.28 bits per heavy atom. The van der Waals surface area contributed by atoms with Gasteiger partial charge in [0.25, 0.3) is 11.8 Å². The SMILES string of the molecule is C[C@@H](C(=O)NCc1ccccc1)[NH+](C)CC(=O)Nc1ccc(OC(F)(F)F)cc1. The first kappa shape index (κ1) is 22.2. The Hall–Kier alpha value is -3.07. The summed E-state index contributed by atoms with van der Waals surface area (Å²) < 4.78 is 40.3. The molecule has 0 aliphatic heterocycles. The highest BCUT2D eigenvalue weighted by molar-refractivity contribution is 5.91. The molecule has 1 unspecified atom stereocenters. The molecule has 0 aromatic heterocycles. The van der Waals surface area contributed by atoms with E-state index in [4.69, 9.17) is 0 Å². The van der Waals surface area contributed by atoms with Gasteiger partial charge in [0.15, 0.2) is 12.6 Å². The number of alkyl halides is 3. The second-order valence-electron chi connectivity index (χ2n) is 6.57. The fraction of sp³-hybridized carbons (Fsp3) is 0.300. The number of anilines is 1. The van der Waals surface area contributed by atoms with Gasteiger partial charge in [-0.25, -0.2) is 0 Å². The minimum absolute atomic E-state index is 0.0146. The molecule has 2 rings (SSSR count). The Bertz CT molecular complexity index is 811. The second-order valence-corrected chi connectivity index (χ2v) is 6.57. The van der Waals surface area contributed by atoms with E-state index in [1.807, 2.05) is 30.3 Å². The molecule has 0 heterocycles.